The van der Waals surface area contributed by atoms with Crippen molar-refractivity contribution < 1.29 is 13.0 Å². The maximum absolute atomic E-state index is 11.3. The summed E-state index contributed by atoms with van der Waals surface area (Å²) < 4.78 is 31.8. The first-order valence-electron chi connectivity index (χ1n) is 5.38. The van der Waals surface area contributed by atoms with E-state index in [9.17, 15) is 13.0 Å². The maximum atomic E-state index is 11.3. The summed E-state index contributed by atoms with van der Waals surface area (Å²) in [6.45, 7) is 0.787. The first-order chi connectivity index (χ1) is 8.54. The Morgan fingerprint density at radius 2 is 1.78 bits per heavy atom. The van der Waals surface area contributed by atoms with Crippen molar-refractivity contribution in [3.05, 3.63) is 36.4 Å². The standard InChI is InChI=1S/C12H12AsNO3S/c13-7-8-14-11-5-1-4-10-9(11)3-2-6-12(10)18(15,16)17/h1-6,14H,7-8H2,(H,15,16,17). The summed E-state index contributed by atoms with van der Waals surface area (Å²) in [5.41, 5.74) is 0.865. The van der Waals surface area contributed by atoms with E-state index < -0.39 is 10.1 Å². The molecule has 2 aromatic carbocycles. The average molecular weight is 325 g/mol. The van der Waals surface area contributed by atoms with Crippen LogP contribution in [0.4, 0.5) is 5.69 Å². The van der Waals surface area contributed by atoms with Gasteiger partial charge in [-0.3, -0.25) is 0 Å². The van der Waals surface area contributed by atoms with Gasteiger partial charge >= 0.3 is 115 Å². The van der Waals surface area contributed by atoms with Gasteiger partial charge in [0.15, 0.2) is 0 Å². The number of nitrogens with one attached hydrogen (secondary N) is 1. The molecule has 2 aromatic rings. The molecule has 0 fully saturated rings. The molecule has 2 rings (SSSR count). The molecular weight excluding hydrogens is 313 g/mol. The topological polar surface area (TPSA) is 66.4 Å². The predicted octanol–water partition coefficient (Wildman–Crippen LogP) is 2.09. The number of benzene rings is 2. The van der Waals surface area contributed by atoms with Gasteiger partial charge in [-0.2, -0.15) is 0 Å². The van der Waals surface area contributed by atoms with Crippen molar-refractivity contribution in [2.75, 3.05) is 11.9 Å². The molecule has 4 nitrogen and oxygen atoms in total. The minimum atomic E-state index is -4.20. The summed E-state index contributed by atoms with van der Waals surface area (Å²) in [6, 6.07) is 10.2. The molecule has 0 aromatic heterocycles. The van der Waals surface area contributed by atoms with Crippen molar-refractivity contribution in [2.24, 2.45) is 0 Å². The molecule has 0 aliphatic carbocycles. The van der Waals surface area contributed by atoms with Gasteiger partial charge in [-0.25, -0.2) is 0 Å². The Labute approximate surface area is 115 Å². The number of rotatable bonds is 4. The molecule has 0 aliphatic heterocycles. The summed E-state index contributed by atoms with van der Waals surface area (Å²) in [5.74, 6) is 0. The molecule has 0 saturated carbocycles. The second-order valence-electron chi connectivity index (χ2n) is 3.78. The van der Waals surface area contributed by atoms with Crippen molar-refractivity contribution in [1.82, 2.24) is 0 Å². The average Bonchev–Trinajstić information content (AvgIpc) is 2.34. The SMILES string of the molecule is O=S(=O)(O)c1cccc2c(NCC[As])cccc12. The van der Waals surface area contributed by atoms with E-state index in [4.69, 9.17) is 0 Å². The Morgan fingerprint density at radius 3 is 2.44 bits per heavy atom. The summed E-state index contributed by atoms with van der Waals surface area (Å²) >= 11 is 2.48. The Bertz CT molecular complexity index is 670. The van der Waals surface area contributed by atoms with Crippen molar-refractivity contribution in [2.45, 2.75) is 10.1 Å². The molecule has 0 aliphatic rings. The molecule has 0 heterocycles. The third-order valence-electron chi connectivity index (χ3n) is 2.59. The molecule has 0 bridgehead atoms. The summed E-state index contributed by atoms with van der Waals surface area (Å²) in [4.78, 5) is -0.0593. The van der Waals surface area contributed by atoms with Gasteiger partial charge < -0.3 is 0 Å². The van der Waals surface area contributed by atoms with E-state index in [0.29, 0.717) is 5.39 Å². The van der Waals surface area contributed by atoms with Crippen LogP contribution in [0.5, 0.6) is 0 Å². The molecule has 2 radical (unpaired) electrons. The molecular formula is C12H12AsNO3S. The monoisotopic (exact) mass is 325 g/mol. The van der Waals surface area contributed by atoms with Crippen molar-refractivity contribution in [3.8, 4) is 0 Å². The van der Waals surface area contributed by atoms with Gasteiger partial charge in [0.1, 0.15) is 0 Å². The van der Waals surface area contributed by atoms with Gasteiger partial charge in [0.2, 0.25) is 0 Å². The van der Waals surface area contributed by atoms with Gasteiger partial charge in [-0.15, -0.1) is 0 Å². The van der Waals surface area contributed by atoms with Crippen LogP contribution in [-0.4, -0.2) is 36.4 Å². The van der Waals surface area contributed by atoms with E-state index >= 15 is 0 Å². The van der Waals surface area contributed by atoms with E-state index in [1.807, 2.05) is 12.1 Å². The van der Waals surface area contributed by atoms with Gasteiger partial charge in [0, 0.05) is 0 Å². The zero-order chi connectivity index (χ0) is 13.2. The fourth-order valence-electron chi connectivity index (χ4n) is 1.85. The van der Waals surface area contributed by atoms with Crippen LogP contribution in [0.15, 0.2) is 41.3 Å². The third kappa shape index (κ3) is 2.69. The molecule has 2 N–H and O–H groups in total. The molecule has 18 heavy (non-hydrogen) atoms. The van der Waals surface area contributed by atoms with Crippen LogP contribution in [0.3, 0.4) is 0 Å². The fraction of sp³-hybridized carbons (Fsp3) is 0.167. The van der Waals surface area contributed by atoms with Crippen LogP contribution >= 0.6 is 0 Å². The Hall–Kier alpha value is -1.03. The van der Waals surface area contributed by atoms with Gasteiger partial charge in [0.25, 0.3) is 0 Å². The normalized spacial score (nSPS) is 11.7. The van der Waals surface area contributed by atoms with Crippen LogP contribution in [0.25, 0.3) is 10.8 Å². The first-order valence-corrected chi connectivity index (χ1v) is 8.14. The van der Waals surface area contributed by atoms with E-state index in [1.54, 1.807) is 18.2 Å². The molecule has 0 unspecified atom stereocenters. The van der Waals surface area contributed by atoms with Gasteiger partial charge in [0.05, 0.1) is 0 Å². The first kappa shape index (κ1) is 13.4. The summed E-state index contributed by atoms with van der Waals surface area (Å²) in [5, 5.41) is 5.45. The molecule has 0 amide bonds. The van der Waals surface area contributed by atoms with Gasteiger partial charge in [-0.05, 0) is 0 Å². The number of fused-ring (bicyclic) bond motifs is 1. The zero-order valence-corrected chi connectivity index (χ0v) is 12.2. The van der Waals surface area contributed by atoms with Crippen molar-refractivity contribution >= 4 is 43.4 Å². The quantitative estimate of drug-likeness (QED) is 0.667. The van der Waals surface area contributed by atoms with Crippen LogP contribution < -0.4 is 5.32 Å². The second-order valence-corrected chi connectivity index (χ2v) is 6.11. The van der Waals surface area contributed by atoms with Crippen molar-refractivity contribution in [3.63, 3.8) is 0 Å². The molecule has 6 heteroatoms. The molecule has 0 atom stereocenters. The van der Waals surface area contributed by atoms with Crippen LogP contribution in [0.2, 0.25) is 5.21 Å². The van der Waals surface area contributed by atoms with Crippen LogP contribution in [-0.2, 0) is 10.1 Å². The van der Waals surface area contributed by atoms with Crippen molar-refractivity contribution in [1.29, 1.82) is 0 Å². The zero-order valence-electron chi connectivity index (χ0n) is 9.50. The molecule has 0 spiro atoms. The fourth-order valence-corrected chi connectivity index (χ4v) is 2.79. The number of hydrogen-bond acceptors (Lipinski definition) is 3. The summed E-state index contributed by atoms with van der Waals surface area (Å²) in [6.07, 6.45) is 0. The second kappa shape index (κ2) is 5.31. The number of anilines is 1. The Morgan fingerprint density at radius 1 is 1.11 bits per heavy atom. The molecule has 0 saturated heterocycles. The Balaban J connectivity index is 2.66. The van der Waals surface area contributed by atoms with E-state index in [0.717, 1.165) is 22.8 Å². The van der Waals surface area contributed by atoms with Gasteiger partial charge in [-0.1, -0.05) is 0 Å². The Kier molecular flexibility index (Phi) is 3.95. The predicted molar refractivity (Wildman–Crippen MR) is 72.8 cm³/mol. The number of hydrogen-bond donors (Lipinski definition) is 2. The third-order valence-corrected chi connectivity index (χ3v) is 3.97. The molecule has 94 valence electrons. The van der Waals surface area contributed by atoms with Crippen LogP contribution in [0, 0.1) is 0 Å². The van der Waals surface area contributed by atoms with E-state index in [1.165, 1.54) is 6.07 Å². The minimum absolute atomic E-state index is 0.0593. The van der Waals surface area contributed by atoms with E-state index in [2.05, 4.69) is 22.2 Å². The summed E-state index contributed by atoms with van der Waals surface area (Å²) in [7, 11) is -4.20. The van der Waals surface area contributed by atoms with E-state index in [-0.39, 0.29) is 4.90 Å². The van der Waals surface area contributed by atoms with Crippen LogP contribution in [0.1, 0.15) is 0 Å².